The Morgan fingerprint density at radius 1 is 1.32 bits per heavy atom. The average molecular weight is 345 g/mol. The highest BCUT2D eigenvalue weighted by Gasteiger charge is 2.24. The van der Waals surface area contributed by atoms with Crippen molar-refractivity contribution in [2.24, 2.45) is 5.34 Å². The zero-order valence-electron chi connectivity index (χ0n) is 11.3. The summed E-state index contributed by atoms with van der Waals surface area (Å²) in [6.45, 7) is 1.40. The summed E-state index contributed by atoms with van der Waals surface area (Å²) in [6.07, 6.45) is -1.55. The maximum Gasteiger partial charge on any atom is 0.387 e. The molecule has 0 spiro atoms. The molecule has 1 amide bonds. The van der Waals surface area contributed by atoms with E-state index in [4.69, 9.17) is 27.9 Å². The number of carbonyl (C=O) groups is 2. The van der Waals surface area contributed by atoms with Gasteiger partial charge in [0, 0.05) is 15.6 Å². The van der Waals surface area contributed by atoms with Crippen LogP contribution in [0.5, 0.6) is 0 Å². The molecule has 0 fully saturated rings. The fourth-order valence-corrected chi connectivity index (χ4v) is 1.86. The van der Waals surface area contributed by atoms with Gasteiger partial charge in [0.05, 0.1) is 0 Å². The highest BCUT2D eigenvalue weighted by Crippen LogP contribution is 2.19. The van der Waals surface area contributed by atoms with Crippen molar-refractivity contribution in [3.05, 3.63) is 38.7 Å². The van der Waals surface area contributed by atoms with Crippen LogP contribution in [0.1, 0.15) is 17.3 Å². The average Bonchev–Trinajstić information content (AvgIpc) is 2.45. The van der Waals surface area contributed by atoms with Crippen LogP contribution in [0.2, 0.25) is 10.0 Å². The minimum atomic E-state index is -1.55. The normalized spacial score (nSPS) is 10.9. The molecule has 0 aliphatic heterocycles. The fraction of sp³-hybridized carbons (Fsp3) is 0.231. The van der Waals surface area contributed by atoms with Gasteiger partial charge in [-0.05, 0) is 25.1 Å². The van der Waals surface area contributed by atoms with E-state index >= 15 is 0 Å². The van der Waals surface area contributed by atoms with Crippen LogP contribution in [0.4, 0.5) is 0 Å². The number of benzene rings is 1. The summed E-state index contributed by atoms with van der Waals surface area (Å²) < 4.78 is 5.00. The maximum atomic E-state index is 12.0. The first-order valence-corrected chi connectivity index (χ1v) is 6.55. The molecule has 116 valence electrons. The number of carbonyl (C=O) groups excluding carboxylic acids is 2. The molecule has 1 rings (SSSR count). The first kappa shape index (κ1) is 17.9. The van der Waals surface area contributed by atoms with Gasteiger partial charge in [-0.15, -0.1) is 10.8 Å². The first-order chi connectivity index (χ1) is 10.5. The van der Waals surface area contributed by atoms with Crippen LogP contribution in [-0.2, 0) is 14.4 Å². The van der Waals surface area contributed by atoms with Crippen LogP contribution in [-0.4, -0.2) is 24.7 Å². The smallest absolute Gasteiger partial charge is 0.335 e. The Labute approximate surface area is 135 Å². The van der Waals surface area contributed by atoms with Crippen LogP contribution in [0.15, 0.2) is 23.5 Å². The zero-order chi connectivity index (χ0) is 16.5. The summed E-state index contributed by atoms with van der Waals surface area (Å²) in [5.74, 6) is 3.17. The molecule has 0 radical (unpaired) electrons. The molecule has 0 saturated carbocycles. The summed E-state index contributed by atoms with van der Waals surface area (Å²) >= 11 is 11.6. The first-order valence-electron chi connectivity index (χ1n) is 5.79. The Balaban J connectivity index is 2.85. The van der Waals surface area contributed by atoms with Gasteiger partial charge in [-0.1, -0.05) is 29.1 Å². The van der Waals surface area contributed by atoms with E-state index in [1.165, 1.54) is 18.2 Å². The molecule has 1 aromatic carbocycles. The van der Waals surface area contributed by atoms with Crippen molar-refractivity contribution < 1.29 is 19.2 Å². The fourth-order valence-electron chi connectivity index (χ4n) is 1.34. The zero-order valence-corrected chi connectivity index (χ0v) is 12.8. The van der Waals surface area contributed by atoms with E-state index in [9.17, 15) is 14.5 Å². The molecular weight excluding hydrogens is 335 g/mol. The van der Waals surface area contributed by atoms with Crippen molar-refractivity contribution in [1.82, 2.24) is 5.32 Å². The highest BCUT2D eigenvalue weighted by molar-refractivity contribution is 6.35. The lowest BCUT2D eigenvalue weighted by Gasteiger charge is -2.14. The van der Waals surface area contributed by atoms with Gasteiger partial charge in [0.25, 0.3) is 5.91 Å². The maximum absolute atomic E-state index is 12.0. The van der Waals surface area contributed by atoms with Gasteiger partial charge in [-0.2, -0.15) is 0 Å². The third-order valence-electron chi connectivity index (χ3n) is 2.23. The number of hydrogen-bond donors (Lipinski definition) is 1. The number of hydrogen-bond acceptors (Lipinski definition) is 6. The summed E-state index contributed by atoms with van der Waals surface area (Å²) in [5.41, 5.74) is 0.0968. The number of ether oxygens (including phenoxy) is 1. The summed E-state index contributed by atoms with van der Waals surface area (Å²) in [4.78, 5) is 37.4. The molecule has 0 aliphatic rings. The third-order valence-corrected chi connectivity index (χ3v) is 2.66. The summed E-state index contributed by atoms with van der Waals surface area (Å²) in [7, 11) is 0. The predicted octanol–water partition coefficient (Wildman–Crippen LogP) is 2.31. The monoisotopic (exact) mass is 344 g/mol. The number of halogens is 2. The molecule has 7 nitrogen and oxygen atoms in total. The molecule has 1 atom stereocenters. The Kier molecular flexibility index (Phi) is 7.32. The topological polar surface area (TPSA) is 94.1 Å². The molecule has 0 aliphatic carbocycles. The molecule has 22 heavy (non-hydrogen) atoms. The standard InChI is InChI=1S/C13H10Cl2N2O5/c1-2-3-4-21-12(13(19)22-17-20)16-11(18)8-5-9(14)7-10(15)6-8/h5-7,12H,4H2,1H3,(H,16,18). The van der Waals surface area contributed by atoms with Gasteiger partial charge in [0.2, 0.25) is 6.23 Å². The quantitative estimate of drug-likeness (QED) is 0.370. The molecule has 1 N–H and O–H groups in total. The van der Waals surface area contributed by atoms with Crippen LogP contribution in [0.25, 0.3) is 0 Å². The van der Waals surface area contributed by atoms with Gasteiger partial charge >= 0.3 is 5.97 Å². The van der Waals surface area contributed by atoms with E-state index in [0.717, 1.165) is 0 Å². The lowest BCUT2D eigenvalue weighted by molar-refractivity contribution is -0.158. The van der Waals surface area contributed by atoms with Crippen LogP contribution in [0.3, 0.4) is 0 Å². The molecule has 0 aromatic heterocycles. The number of rotatable bonds is 6. The van der Waals surface area contributed by atoms with Crippen molar-refractivity contribution in [1.29, 1.82) is 0 Å². The van der Waals surface area contributed by atoms with Crippen molar-refractivity contribution in [3.8, 4) is 11.8 Å². The van der Waals surface area contributed by atoms with E-state index in [-0.39, 0.29) is 22.2 Å². The lowest BCUT2D eigenvalue weighted by atomic mass is 10.2. The van der Waals surface area contributed by atoms with E-state index in [1.54, 1.807) is 6.92 Å². The molecule has 0 heterocycles. The van der Waals surface area contributed by atoms with E-state index in [1.807, 2.05) is 5.34 Å². The van der Waals surface area contributed by atoms with Gasteiger partial charge < -0.3 is 10.1 Å². The second-order valence-electron chi connectivity index (χ2n) is 3.73. The molecule has 9 heteroatoms. The Bertz CT molecular complexity index is 619. The lowest BCUT2D eigenvalue weighted by Crippen LogP contribution is -2.43. The van der Waals surface area contributed by atoms with Gasteiger partial charge in [-0.3, -0.25) is 9.63 Å². The number of amides is 1. The Morgan fingerprint density at radius 3 is 2.50 bits per heavy atom. The highest BCUT2D eigenvalue weighted by atomic mass is 35.5. The van der Waals surface area contributed by atoms with Gasteiger partial charge in [0.15, 0.2) is 5.34 Å². The summed E-state index contributed by atoms with van der Waals surface area (Å²) in [5, 5.41) is 4.68. The largest absolute Gasteiger partial charge is 0.387 e. The Hall–Kier alpha value is -2.14. The van der Waals surface area contributed by atoms with E-state index in [0.29, 0.717) is 0 Å². The number of nitrogens with one attached hydrogen (secondary N) is 1. The second kappa shape index (κ2) is 9.00. The van der Waals surface area contributed by atoms with Crippen molar-refractivity contribution in [2.45, 2.75) is 13.2 Å². The molecule has 0 saturated heterocycles. The predicted molar refractivity (Wildman–Crippen MR) is 79.0 cm³/mol. The number of nitrogens with zero attached hydrogens (tertiary/aromatic N) is 1. The Morgan fingerprint density at radius 2 is 1.95 bits per heavy atom. The summed E-state index contributed by atoms with van der Waals surface area (Å²) in [6, 6.07) is 4.12. The van der Waals surface area contributed by atoms with Crippen molar-refractivity contribution in [2.75, 3.05) is 6.61 Å². The molecular formula is C13H10Cl2N2O5. The third kappa shape index (κ3) is 5.69. The van der Waals surface area contributed by atoms with Crippen LogP contribution in [0, 0.1) is 16.7 Å². The molecule has 1 unspecified atom stereocenters. The van der Waals surface area contributed by atoms with Crippen molar-refractivity contribution >= 4 is 35.1 Å². The minimum Gasteiger partial charge on any atom is -0.335 e. The molecule has 1 aromatic rings. The van der Waals surface area contributed by atoms with E-state index in [2.05, 4.69) is 22.0 Å². The van der Waals surface area contributed by atoms with Gasteiger partial charge in [-0.25, -0.2) is 4.79 Å². The SMILES string of the molecule is CC#CCOC(NC(=O)c1cc(Cl)cc(Cl)c1)C(=O)ON=O. The van der Waals surface area contributed by atoms with Crippen LogP contribution >= 0.6 is 23.2 Å². The van der Waals surface area contributed by atoms with E-state index < -0.39 is 18.1 Å². The van der Waals surface area contributed by atoms with Crippen LogP contribution < -0.4 is 5.32 Å². The molecule has 0 bridgehead atoms. The second-order valence-corrected chi connectivity index (χ2v) is 4.61. The van der Waals surface area contributed by atoms with Crippen molar-refractivity contribution in [3.63, 3.8) is 0 Å². The minimum absolute atomic E-state index is 0.0968. The van der Waals surface area contributed by atoms with Gasteiger partial charge in [0.1, 0.15) is 6.61 Å².